The van der Waals surface area contributed by atoms with Gasteiger partial charge in [0.25, 0.3) is 5.69 Å². The SMILES string of the molecule is Cc1cc(C)c([N+](=O)[O-])cc1-n1nc(N)c2c1CCOC2. The van der Waals surface area contributed by atoms with Gasteiger partial charge in [0.1, 0.15) is 0 Å². The average molecular weight is 288 g/mol. The van der Waals surface area contributed by atoms with E-state index in [-0.39, 0.29) is 10.6 Å². The number of nitro benzene ring substituents is 1. The molecule has 7 nitrogen and oxygen atoms in total. The van der Waals surface area contributed by atoms with E-state index in [2.05, 4.69) is 5.10 Å². The lowest BCUT2D eigenvalue weighted by Gasteiger charge is -2.16. The minimum atomic E-state index is -0.374. The van der Waals surface area contributed by atoms with E-state index in [4.69, 9.17) is 10.5 Å². The molecular weight excluding hydrogens is 272 g/mol. The van der Waals surface area contributed by atoms with Crippen LogP contribution in [-0.4, -0.2) is 21.3 Å². The first-order valence-corrected chi connectivity index (χ1v) is 6.69. The van der Waals surface area contributed by atoms with Crippen LogP contribution < -0.4 is 5.73 Å². The molecule has 0 aliphatic carbocycles. The van der Waals surface area contributed by atoms with Crippen LogP contribution in [0.5, 0.6) is 0 Å². The van der Waals surface area contributed by atoms with Crippen molar-refractivity contribution in [3.05, 3.63) is 44.6 Å². The highest BCUT2D eigenvalue weighted by Gasteiger charge is 2.23. The van der Waals surface area contributed by atoms with E-state index >= 15 is 0 Å². The molecule has 0 radical (unpaired) electrons. The summed E-state index contributed by atoms with van der Waals surface area (Å²) in [5, 5.41) is 15.5. The fraction of sp³-hybridized carbons (Fsp3) is 0.357. The monoisotopic (exact) mass is 288 g/mol. The predicted octanol–water partition coefficient (Wildman–Crippen LogP) is 2.05. The second kappa shape index (κ2) is 4.85. The van der Waals surface area contributed by atoms with Crippen molar-refractivity contribution >= 4 is 11.5 Å². The Morgan fingerprint density at radius 3 is 2.86 bits per heavy atom. The van der Waals surface area contributed by atoms with Gasteiger partial charge in [-0.25, -0.2) is 4.68 Å². The van der Waals surface area contributed by atoms with Crippen molar-refractivity contribution in [2.75, 3.05) is 12.3 Å². The molecule has 1 aromatic heterocycles. The van der Waals surface area contributed by atoms with E-state index in [1.807, 2.05) is 6.92 Å². The molecule has 110 valence electrons. The molecule has 2 aromatic rings. The van der Waals surface area contributed by atoms with Crippen LogP contribution in [0.3, 0.4) is 0 Å². The van der Waals surface area contributed by atoms with Gasteiger partial charge >= 0.3 is 0 Å². The number of aryl methyl sites for hydroxylation is 2. The topological polar surface area (TPSA) is 96.2 Å². The van der Waals surface area contributed by atoms with Crippen LogP contribution >= 0.6 is 0 Å². The lowest BCUT2D eigenvalue weighted by molar-refractivity contribution is -0.385. The molecule has 0 unspecified atom stereocenters. The molecule has 0 bridgehead atoms. The van der Waals surface area contributed by atoms with E-state index in [0.717, 1.165) is 16.8 Å². The normalized spacial score (nSPS) is 14.0. The zero-order valence-corrected chi connectivity index (χ0v) is 11.9. The van der Waals surface area contributed by atoms with Crippen molar-refractivity contribution in [3.63, 3.8) is 0 Å². The van der Waals surface area contributed by atoms with E-state index in [1.54, 1.807) is 23.7 Å². The minimum Gasteiger partial charge on any atom is -0.382 e. The smallest absolute Gasteiger partial charge is 0.274 e. The van der Waals surface area contributed by atoms with Crippen LogP contribution in [0, 0.1) is 24.0 Å². The molecule has 0 saturated heterocycles. The molecule has 0 amide bonds. The summed E-state index contributed by atoms with van der Waals surface area (Å²) in [4.78, 5) is 10.8. The summed E-state index contributed by atoms with van der Waals surface area (Å²) in [5.41, 5.74) is 10.1. The van der Waals surface area contributed by atoms with Crippen LogP contribution in [0.15, 0.2) is 12.1 Å². The van der Waals surface area contributed by atoms with E-state index in [1.165, 1.54) is 0 Å². The van der Waals surface area contributed by atoms with Crippen LogP contribution in [0.1, 0.15) is 22.4 Å². The fourth-order valence-corrected chi connectivity index (χ4v) is 2.72. The van der Waals surface area contributed by atoms with Crippen LogP contribution in [0.4, 0.5) is 11.5 Å². The summed E-state index contributed by atoms with van der Waals surface area (Å²) >= 11 is 0. The van der Waals surface area contributed by atoms with E-state index in [0.29, 0.717) is 36.7 Å². The number of nitrogens with zero attached hydrogens (tertiary/aromatic N) is 3. The Morgan fingerprint density at radius 2 is 2.14 bits per heavy atom. The number of nitrogens with two attached hydrogens (primary N) is 1. The summed E-state index contributed by atoms with van der Waals surface area (Å²) in [6.45, 7) is 4.69. The molecule has 21 heavy (non-hydrogen) atoms. The van der Waals surface area contributed by atoms with Crippen LogP contribution in [0.2, 0.25) is 0 Å². The Hall–Kier alpha value is -2.41. The third-order valence-electron chi connectivity index (χ3n) is 3.79. The van der Waals surface area contributed by atoms with Gasteiger partial charge in [-0.1, -0.05) is 0 Å². The number of ether oxygens (including phenoxy) is 1. The fourth-order valence-electron chi connectivity index (χ4n) is 2.72. The van der Waals surface area contributed by atoms with Gasteiger partial charge in [0.15, 0.2) is 5.82 Å². The Balaban J connectivity index is 2.21. The lowest BCUT2D eigenvalue weighted by Crippen LogP contribution is -2.14. The first-order valence-electron chi connectivity index (χ1n) is 6.69. The largest absolute Gasteiger partial charge is 0.382 e. The van der Waals surface area contributed by atoms with Crippen molar-refractivity contribution in [1.29, 1.82) is 0 Å². The maximum absolute atomic E-state index is 11.1. The molecule has 2 heterocycles. The van der Waals surface area contributed by atoms with Crippen molar-refractivity contribution in [3.8, 4) is 5.69 Å². The number of nitro groups is 1. The molecule has 0 spiro atoms. The Bertz CT molecular complexity index is 736. The Kier molecular flexibility index (Phi) is 3.13. The van der Waals surface area contributed by atoms with Gasteiger partial charge in [0, 0.05) is 23.6 Å². The van der Waals surface area contributed by atoms with Crippen molar-refractivity contribution < 1.29 is 9.66 Å². The van der Waals surface area contributed by atoms with Crippen LogP contribution in [-0.2, 0) is 17.8 Å². The summed E-state index contributed by atoms with van der Waals surface area (Å²) in [6, 6.07) is 3.36. The highest BCUT2D eigenvalue weighted by Crippen LogP contribution is 2.30. The van der Waals surface area contributed by atoms with Gasteiger partial charge in [-0.05, 0) is 25.5 Å². The van der Waals surface area contributed by atoms with Crippen molar-refractivity contribution in [1.82, 2.24) is 9.78 Å². The molecule has 0 atom stereocenters. The maximum atomic E-state index is 11.1. The van der Waals surface area contributed by atoms with Gasteiger partial charge < -0.3 is 10.5 Å². The first kappa shape index (κ1) is 13.6. The van der Waals surface area contributed by atoms with Crippen molar-refractivity contribution in [2.45, 2.75) is 26.9 Å². The van der Waals surface area contributed by atoms with Gasteiger partial charge in [0.05, 0.1) is 29.5 Å². The first-order chi connectivity index (χ1) is 9.99. The Morgan fingerprint density at radius 1 is 1.38 bits per heavy atom. The molecule has 1 aliphatic rings. The number of nitrogen functional groups attached to an aromatic ring is 1. The van der Waals surface area contributed by atoms with Gasteiger partial charge in [-0.2, -0.15) is 5.10 Å². The quantitative estimate of drug-likeness (QED) is 0.674. The summed E-state index contributed by atoms with van der Waals surface area (Å²) in [6.07, 6.45) is 0.695. The highest BCUT2D eigenvalue weighted by molar-refractivity contribution is 5.56. The van der Waals surface area contributed by atoms with Gasteiger partial charge in [-0.15, -0.1) is 0 Å². The second-order valence-electron chi connectivity index (χ2n) is 5.21. The summed E-state index contributed by atoms with van der Waals surface area (Å²) in [7, 11) is 0. The molecule has 1 aromatic carbocycles. The zero-order valence-electron chi connectivity index (χ0n) is 11.9. The molecule has 0 saturated carbocycles. The zero-order chi connectivity index (χ0) is 15.1. The number of aromatic nitrogens is 2. The van der Waals surface area contributed by atoms with Crippen LogP contribution in [0.25, 0.3) is 5.69 Å². The number of rotatable bonds is 2. The third kappa shape index (κ3) is 2.15. The number of hydrogen-bond donors (Lipinski definition) is 1. The summed E-state index contributed by atoms with van der Waals surface area (Å²) < 4.78 is 7.11. The third-order valence-corrected chi connectivity index (χ3v) is 3.79. The number of hydrogen-bond acceptors (Lipinski definition) is 5. The number of anilines is 1. The number of fused-ring (bicyclic) bond motifs is 1. The maximum Gasteiger partial charge on any atom is 0.274 e. The molecule has 2 N–H and O–H groups in total. The molecule has 0 fully saturated rings. The van der Waals surface area contributed by atoms with E-state index in [9.17, 15) is 10.1 Å². The molecule has 7 heteroatoms. The summed E-state index contributed by atoms with van der Waals surface area (Å²) in [5.74, 6) is 0.423. The highest BCUT2D eigenvalue weighted by atomic mass is 16.6. The van der Waals surface area contributed by atoms with Crippen molar-refractivity contribution in [2.24, 2.45) is 0 Å². The predicted molar refractivity (Wildman–Crippen MR) is 77.5 cm³/mol. The lowest BCUT2D eigenvalue weighted by atomic mass is 10.1. The average Bonchev–Trinajstić information content (AvgIpc) is 2.76. The standard InChI is InChI=1S/C14H16N4O3/c1-8-5-9(2)13(18(19)20)6-12(8)17-11-3-4-21-7-10(11)14(15)16-17/h5-6H,3-4,7H2,1-2H3,(H2,15,16). The molecule has 3 rings (SSSR count). The molecular formula is C14H16N4O3. The Labute approximate surface area is 121 Å². The second-order valence-corrected chi connectivity index (χ2v) is 5.21. The number of benzene rings is 1. The van der Waals surface area contributed by atoms with Gasteiger partial charge in [-0.3, -0.25) is 10.1 Å². The minimum absolute atomic E-state index is 0.0884. The van der Waals surface area contributed by atoms with Gasteiger partial charge in [0.2, 0.25) is 0 Å². The molecule has 1 aliphatic heterocycles. The van der Waals surface area contributed by atoms with E-state index < -0.39 is 0 Å².